The molecule has 23 heavy (non-hydrogen) atoms. The lowest BCUT2D eigenvalue weighted by molar-refractivity contribution is 0.0205. The van der Waals surface area contributed by atoms with Crippen LogP contribution in [0.1, 0.15) is 50.5 Å². The summed E-state index contributed by atoms with van der Waals surface area (Å²) >= 11 is 1.89. The van der Waals surface area contributed by atoms with Crippen LogP contribution >= 0.6 is 11.3 Å². The number of rotatable bonds is 0. The maximum Gasteiger partial charge on any atom is 0.410 e. The molecule has 2 aliphatic heterocycles. The lowest BCUT2D eigenvalue weighted by Crippen LogP contribution is -2.52. The summed E-state index contributed by atoms with van der Waals surface area (Å²) in [7, 11) is 0. The fraction of sp³-hybridized carbons (Fsp3) is 0.722. The zero-order valence-corrected chi connectivity index (χ0v) is 15.0. The molecule has 1 aliphatic carbocycles. The molecule has 1 saturated heterocycles. The van der Waals surface area contributed by atoms with E-state index in [9.17, 15) is 4.79 Å². The molecule has 1 spiro atoms. The highest BCUT2D eigenvalue weighted by atomic mass is 32.1. The summed E-state index contributed by atoms with van der Waals surface area (Å²) in [6.07, 6.45) is 4.30. The van der Waals surface area contributed by atoms with Crippen molar-refractivity contribution in [1.82, 2.24) is 10.2 Å². The van der Waals surface area contributed by atoms with Crippen molar-refractivity contribution in [3.8, 4) is 0 Å². The number of hydrogen-bond acceptors (Lipinski definition) is 4. The zero-order valence-electron chi connectivity index (χ0n) is 14.2. The predicted molar refractivity (Wildman–Crippen MR) is 91.8 cm³/mol. The van der Waals surface area contributed by atoms with Crippen molar-refractivity contribution in [2.75, 3.05) is 13.1 Å². The molecule has 1 saturated carbocycles. The van der Waals surface area contributed by atoms with Gasteiger partial charge in [-0.3, -0.25) is 0 Å². The summed E-state index contributed by atoms with van der Waals surface area (Å²) in [6.45, 7) is 7.72. The van der Waals surface area contributed by atoms with Gasteiger partial charge < -0.3 is 15.0 Å². The SMILES string of the molecule is CC(C)(C)OC(=O)N1CC2CC1CC1(C2)NCCc2sccc21. The number of nitrogens with zero attached hydrogens (tertiary/aromatic N) is 1. The molecule has 0 radical (unpaired) electrons. The molecule has 1 amide bonds. The molecule has 2 fully saturated rings. The molecular formula is C18H26N2O2S. The molecule has 3 unspecified atom stereocenters. The Morgan fingerprint density at radius 1 is 1.43 bits per heavy atom. The number of fused-ring (bicyclic) bond motifs is 4. The number of amides is 1. The molecule has 3 atom stereocenters. The van der Waals surface area contributed by atoms with Crippen molar-refractivity contribution in [2.24, 2.45) is 5.92 Å². The predicted octanol–water partition coefficient (Wildman–Crippen LogP) is 3.51. The summed E-state index contributed by atoms with van der Waals surface area (Å²) in [6, 6.07) is 2.61. The van der Waals surface area contributed by atoms with Gasteiger partial charge in [0.15, 0.2) is 0 Å². The first kappa shape index (κ1) is 15.5. The van der Waals surface area contributed by atoms with Gasteiger partial charge in [-0.25, -0.2) is 4.79 Å². The van der Waals surface area contributed by atoms with Gasteiger partial charge in [0.1, 0.15) is 5.60 Å². The Hall–Kier alpha value is -1.07. The molecule has 4 rings (SSSR count). The van der Waals surface area contributed by atoms with E-state index >= 15 is 0 Å². The molecule has 1 aromatic rings. The van der Waals surface area contributed by atoms with Crippen molar-refractivity contribution >= 4 is 17.4 Å². The van der Waals surface area contributed by atoms with E-state index in [0.29, 0.717) is 12.0 Å². The lowest BCUT2D eigenvalue weighted by atomic mass is 9.70. The first-order valence-corrected chi connectivity index (χ1v) is 9.56. The molecule has 1 N–H and O–H groups in total. The van der Waals surface area contributed by atoms with Crippen molar-refractivity contribution in [3.05, 3.63) is 21.9 Å². The van der Waals surface area contributed by atoms with Gasteiger partial charge in [0.2, 0.25) is 0 Å². The van der Waals surface area contributed by atoms with Crippen LogP contribution in [0.5, 0.6) is 0 Å². The third-order valence-electron chi connectivity index (χ3n) is 5.43. The molecule has 3 heterocycles. The quantitative estimate of drug-likeness (QED) is 0.789. The smallest absolute Gasteiger partial charge is 0.410 e. The van der Waals surface area contributed by atoms with E-state index in [4.69, 9.17) is 4.74 Å². The number of carbonyl (C=O) groups is 1. The topological polar surface area (TPSA) is 41.6 Å². The highest BCUT2D eigenvalue weighted by Gasteiger charge is 2.51. The average molecular weight is 334 g/mol. The standard InChI is InChI=1S/C18H26N2O2S/c1-17(2,3)22-16(21)20-11-12-8-13(20)10-18(9-12)14-5-7-23-15(14)4-6-19-18/h5,7,12-13,19H,4,6,8-11H2,1-3H3. The minimum atomic E-state index is -0.422. The molecule has 3 aliphatic rings. The van der Waals surface area contributed by atoms with E-state index in [1.165, 1.54) is 10.4 Å². The summed E-state index contributed by atoms with van der Waals surface area (Å²) in [5, 5.41) is 6.04. The van der Waals surface area contributed by atoms with Crippen LogP contribution in [0.25, 0.3) is 0 Å². The van der Waals surface area contributed by atoms with Gasteiger partial charge >= 0.3 is 6.09 Å². The van der Waals surface area contributed by atoms with Gasteiger partial charge in [0.25, 0.3) is 0 Å². The highest BCUT2D eigenvalue weighted by Crippen LogP contribution is 2.49. The van der Waals surface area contributed by atoms with Crippen LogP contribution < -0.4 is 5.32 Å². The van der Waals surface area contributed by atoms with Gasteiger partial charge in [0, 0.05) is 29.5 Å². The van der Waals surface area contributed by atoms with Crippen LogP contribution in [0.15, 0.2) is 11.4 Å². The lowest BCUT2D eigenvalue weighted by Gasteiger charge is -2.44. The number of thiophene rings is 1. The Morgan fingerprint density at radius 3 is 3.04 bits per heavy atom. The third kappa shape index (κ3) is 2.68. The molecular weight excluding hydrogens is 308 g/mol. The van der Waals surface area contributed by atoms with Crippen molar-refractivity contribution in [2.45, 2.75) is 63.6 Å². The average Bonchev–Trinajstić information content (AvgIpc) is 3.03. The van der Waals surface area contributed by atoms with Crippen LogP contribution in [-0.2, 0) is 16.7 Å². The first-order valence-electron chi connectivity index (χ1n) is 8.68. The fourth-order valence-corrected chi connectivity index (χ4v) is 5.69. The summed E-state index contributed by atoms with van der Waals surface area (Å²) in [5.74, 6) is 0.583. The van der Waals surface area contributed by atoms with Crippen LogP contribution in [0.2, 0.25) is 0 Å². The van der Waals surface area contributed by atoms with Gasteiger partial charge in [0.05, 0.1) is 0 Å². The Balaban J connectivity index is 1.57. The largest absolute Gasteiger partial charge is 0.444 e. The van der Waals surface area contributed by atoms with Gasteiger partial charge in [-0.15, -0.1) is 11.3 Å². The molecule has 1 aromatic heterocycles. The first-order chi connectivity index (χ1) is 10.9. The maximum absolute atomic E-state index is 12.6. The molecule has 4 nitrogen and oxygen atoms in total. The van der Waals surface area contributed by atoms with Crippen LogP contribution in [-0.4, -0.2) is 35.7 Å². The Kier molecular flexibility index (Phi) is 3.50. The van der Waals surface area contributed by atoms with Crippen LogP contribution in [0.3, 0.4) is 0 Å². The van der Waals surface area contributed by atoms with Gasteiger partial charge in [-0.1, -0.05) is 0 Å². The van der Waals surface area contributed by atoms with Gasteiger partial charge in [-0.2, -0.15) is 0 Å². The van der Waals surface area contributed by atoms with E-state index in [1.54, 1.807) is 0 Å². The number of likely N-dealkylation sites (tertiary alicyclic amines) is 1. The minimum absolute atomic E-state index is 0.0813. The summed E-state index contributed by atoms with van der Waals surface area (Å²) in [5.41, 5.74) is 1.15. The normalized spacial score (nSPS) is 32.9. The van der Waals surface area contributed by atoms with Gasteiger partial charge in [-0.05, 0) is 69.4 Å². The summed E-state index contributed by atoms with van der Waals surface area (Å²) in [4.78, 5) is 16.1. The maximum atomic E-state index is 12.6. The zero-order chi connectivity index (χ0) is 16.2. The molecule has 5 heteroatoms. The number of hydrogen-bond donors (Lipinski definition) is 1. The van der Waals surface area contributed by atoms with Crippen molar-refractivity contribution in [1.29, 1.82) is 0 Å². The second-order valence-electron chi connectivity index (χ2n) is 8.31. The second kappa shape index (κ2) is 5.21. The second-order valence-corrected chi connectivity index (χ2v) is 9.31. The Labute approximate surface area is 142 Å². The van der Waals surface area contributed by atoms with E-state index < -0.39 is 5.60 Å². The monoisotopic (exact) mass is 334 g/mol. The number of carbonyl (C=O) groups excluding carboxylic acids is 1. The van der Waals surface area contributed by atoms with Crippen molar-refractivity contribution in [3.63, 3.8) is 0 Å². The van der Waals surface area contributed by atoms with E-state index in [-0.39, 0.29) is 11.6 Å². The van der Waals surface area contributed by atoms with E-state index in [1.807, 2.05) is 37.0 Å². The van der Waals surface area contributed by atoms with E-state index in [0.717, 1.165) is 38.8 Å². The Bertz CT molecular complexity index is 621. The Morgan fingerprint density at radius 2 is 2.26 bits per heavy atom. The summed E-state index contributed by atoms with van der Waals surface area (Å²) < 4.78 is 5.63. The van der Waals surface area contributed by atoms with Crippen molar-refractivity contribution < 1.29 is 9.53 Å². The molecule has 126 valence electrons. The molecule has 0 aromatic carbocycles. The van der Waals surface area contributed by atoms with Crippen LogP contribution in [0, 0.1) is 5.92 Å². The fourth-order valence-electron chi connectivity index (χ4n) is 4.71. The van der Waals surface area contributed by atoms with Crippen LogP contribution in [0.4, 0.5) is 4.79 Å². The third-order valence-corrected chi connectivity index (χ3v) is 6.41. The number of nitrogens with one attached hydrogen (secondary N) is 1. The number of ether oxygens (including phenoxy) is 1. The minimum Gasteiger partial charge on any atom is -0.444 e. The van der Waals surface area contributed by atoms with E-state index in [2.05, 4.69) is 16.8 Å². The molecule has 2 bridgehead atoms. The highest BCUT2D eigenvalue weighted by molar-refractivity contribution is 7.10.